The molecule has 13 heteroatoms. The van der Waals surface area contributed by atoms with Crippen molar-refractivity contribution in [3.05, 3.63) is 64.7 Å². The molecular formula is C26H33Cl3N4O5S. The number of piperidine rings is 1. The van der Waals surface area contributed by atoms with E-state index in [0.717, 1.165) is 35.6 Å². The van der Waals surface area contributed by atoms with Crippen molar-refractivity contribution in [2.24, 2.45) is 5.73 Å². The molecule has 0 spiro atoms. The minimum Gasteiger partial charge on any atom is -0.489 e. The Labute approximate surface area is 246 Å². The molecule has 2 atom stereocenters. The lowest BCUT2D eigenvalue weighted by Gasteiger charge is -2.36. The number of aliphatic carboxylic acids is 1. The highest BCUT2D eigenvalue weighted by molar-refractivity contribution is 7.93. The number of carboxylic acids is 1. The van der Waals surface area contributed by atoms with Crippen LogP contribution in [0.15, 0.2) is 48.5 Å². The molecule has 9 nitrogen and oxygen atoms in total. The number of nitrogen functional groups attached to an aromatic ring is 1. The first-order chi connectivity index (χ1) is 17.5. The van der Waals surface area contributed by atoms with Gasteiger partial charge in [0.2, 0.25) is 10.0 Å². The van der Waals surface area contributed by atoms with Gasteiger partial charge >= 0.3 is 5.97 Å². The lowest BCUT2D eigenvalue weighted by Crippen LogP contribution is -2.43. The summed E-state index contributed by atoms with van der Waals surface area (Å²) in [6.07, 6.45) is 7.49. The summed E-state index contributed by atoms with van der Waals surface area (Å²) in [5.74, 6) is -2.11. The largest absolute Gasteiger partial charge is 0.489 e. The Balaban J connectivity index is 0.00000267. The molecule has 0 radical (unpaired) electrons. The highest BCUT2D eigenvalue weighted by atomic mass is 35.5. The Kier molecular flexibility index (Phi) is 11.5. The summed E-state index contributed by atoms with van der Waals surface area (Å²) < 4.78 is 33.1. The third-order valence-corrected chi connectivity index (χ3v) is 8.91. The van der Waals surface area contributed by atoms with Gasteiger partial charge in [-0.05, 0) is 62.6 Å². The van der Waals surface area contributed by atoms with E-state index in [0.29, 0.717) is 23.4 Å². The third kappa shape index (κ3) is 8.02. The van der Waals surface area contributed by atoms with Gasteiger partial charge in [-0.1, -0.05) is 42.0 Å². The second-order valence-electron chi connectivity index (χ2n) is 9.50. The van der Waals surface area contributed by atoms with Crippen LogP contribution in [-0.4, -0.2) is 67.8 Å². The van der Waals surface area contributed by atoms with E-state index in [1.54, 1.807) is 48.6 Å². The molecule has 2 saturated heterocycles. The summed E-state index contributed by atoms with van der Waals surface area (Å²) in [6, 6.07) is 12.6. The fraction of sp³-hybridized carbons (Fsp3) is 0.385. The van der Waals surface area contributed by atoms with Crippen molar-refractivity contribution in [3.8, 4) is 5.75 Å². The number of fused-ring (bicyclic) bond motifs is 2. The minimum atomic E-state index is -4.20. The number of amidine groups is 1. The average molecular weight is 620 g/mol. The van der Waals surface area contributed by atoms with Gasteiger partial charge in [0.05, 0.1) is 17.3 Å². The Bertz CT molecular complexity index is 1310. The van der Waals surface area contributed by atoms with Crippen LogP contribution in [0.1, 0.15) is 36.8 Å². The third-order valence-electron chi connectivity index (χ3n) is 6.97. The van der Waals surface area contributed by atoms with Crippen LogP contribution in [0, 0.1) is 5.41 Å². The number of hydrogen-bond donors (Lipinski definition) is 3. The summed E-state index contributed by atoms with van der Waals surface area (Å²) in [5.41, 5.74) is 7.04. The van der Waals surface area contributed by atoms with Gasteiger partial charge in [0.15, 0.2) is 5.75 Å². The molecule has 0 aliphatic carbocycles. The Hall–Kier alpha value is -2.50. The Morgan fingerprint density at radius 2 is 1.87 bits per heavy atom. The summed E-state index contributed by atoms with van der Waals surface area (Å²) in [5, 5.41) is 17.0. The van der Waals surface area contributed by atoms with Crippen LogP contribution in [0.2, 0.25) is 5.02 Å². The second kappa shape index (κ2) is 13.7. The number of nitrogens with zero attached hydrogens (tertiary/aromatic N) is 2. The van der Waals surface area contributed by atoms with Crippen LogP contribution >= 0.6 is 36.4 Å². The van der Waals surface area contributed by atoms with Crippen molar-refractivity contribution in [1.29, 1.82) is 5.41 Å². The number of rotatable bonds is 10. The normalized spacial score (nSPS) is 20.6. The molecule has 214 valence electrons. The van der Waals surface area contributed by atoms with Crippen LogP contribution in [-0.2, 0) is 14.8 Å². The smallest absolute Gasteiger partial charge is 0.320 e. The maximum atomic E-state index is 12.9. The summed E-state index contributed by atoms with van der Waals surface area (Å²) in [6.45, 7) is -0.116. The van der Waals surface area contributed by atoms with Gasteiger partial charge in [-0.3, -0.25) is 14.5 Å². The molecule has 2 aromatic carbocycles. The van der Waals surface area contributed by atoms with Crippen LogP contribution < -0.4 is 14.8 Å². The van der Waals surface area contributed by atoms with Gasteiger partial charge in [-0.25, -0.2) is 8.42 Å². The molecule has 0 aromatic heterocycles. The SMILES string of the molecule is CN1C2CCC1CC(Oc1ccc(N(C/C=C/c3cccc(C(=N)N)c3)S(=O)(=O)CC(=O)O)cc1Cl)C2.Cl.Cl. The molecule has 2 fully saturated rings. The van der Waals surface area contributed by atoms with E-state index in [9.17, 15) is 18.3 Å². The number of anilines is 1. The number of nitrogens with one attached hydrogen (secondary N) is 1. The van der Waals surface area contributed by atoms with Crippen LogP contribution in [0.4, 0.5) is 5.69 Å². The molecule has 2 heterocycles. The molecule has 2 unspecified atom stereocenters. The van der Waals surface area contributed by atoms with E-state index < -0.39 is 21.7 Å². The van der Waals surface area contributed by atoms with Crippen LogP contribution in [0.25, 0.3) is 6.08 Å². The maximum absolute atomic E-state index is 12.9. The molecule has 39 heavy (non-hydrogen) atoms. The average Bonchev–Trinajstić information content (AvgIpc) is 3.02. The predicted octanol–water partition coefficient (Wildman–Crippen LogP) is 4.41. The van der Waals surface area contributed by atoms with Crippen LogP contribution in [0.3, 0.4) is 0 Å². The molecule has 2 aromatic rings. The first-order valence-corrected chi connectivity index (χ1v) is 14.0. The number of carbonyl (C=O) groups is 1. The first kappa shape index (κ1) is 32.7. The number of halogens is 3. The standard InChI is InChI=1S/C26H31ClN4O5S.2ClH/c1-30-19-7-8-20(30)14-22(13-19)36-24-10-9-21(15-23(24)27)31(37(34,35)16-25(32)33)11-3-5-17-4-2-6-18(12-17)26(28)29;;/h2-6,9-10,12,15,19-20,22H,7-8,11,13-14,16H2,1H3,(H3,28,29)(H,32,33);2*1H/b5-3+;;. The first-order valence-electron chi connectivity index (χ1n) is 12.0. The fourth-order valence-corrected chi connectivity index (χ4v) is 6.52. The number of nitrogens with two attached hydrogens (primary N) is 1. The highest BCUT2D eigenvalue weighted by Gasteiger charge is 2.39. The number of carboxylic acid groups (broad SMARTS) is 1. The minimum absolute atomic E-state index is 0. The number of hydrogen-bond acceptors (Lipinski definition) is 6. The van der Waals surface area contributed by atoms with E-state index >= 15 is 0 Å². The van der Waals surface area contributed by atoms with E-state index in [1.165, 1.54) is 6.07 Å². The monoisotopic (exact) mass is 618 g/mol. The molecule has 0 amide bonds. The fourth-order valence-electron chi connectivity index (χ4n) is 5.09. The summed E-state index contributed by atoms with van der Waals surface area (Å²) >= 11 is 6.52. The molecule has 4 N–H and O–H groups in total. The van der Waals surface area contributed by atoms with E-state index in [4.69, 9.17) is 27.5 Å². The van der Waals surface area contributed by atoms with Crippen molar-refractivity contribution in [2.75, 3.05) is 23.7 Å². The zero-order valence-electron chi connectivity index (χ0n) is 21.3. The topological polar surface area (TPSA) is 137 Å². The Morgan fingerprint density at radius 1 is 1.21 bits per heavy atom. The predicted molar refractivity (Wildman–Crippen MR) is 159 cm³/mol. The second-order valence-corrected chi connectivity index (χ2v) is 11.8. The number of benzene rings is 2. The molecule has 0 saturated carbocycles. The Morgan fingerprint density at radius 3 is 2.46 bits per heavy atom. The molecular weight excluding hydrogens is 587 g/mol. The lowest BCUT2D eigenvalue weighted by molar-refractivity contribution is -0.134. The van der Waals surface area contributed by atoms with Crippen molar-refractivity contribution < 1.29 is 23.1 Å². The number of sulfonamides is 1. The van der Waals surface area contributed by atoms with Crippen molar-refractivity contribution >= 4 is 70.0 Å². The molecule has 4 rings (SSSR count). The van der Waals surface area contributed by atoms with E-state index in [-0.39, 0.29) is 54.0 Å². The summed E-state index contributed by atoms with van der Waals surface area (Å²) in [7, 11) is -2.04. The van der Waals surface area contributed by atoms with Gasteiger partial charge in [0.25, 0.3) is 0 Å². The maximum Gasteiger partial charge on any atom is 0.320 e. The van der Waals surface area contributed by atoms with Gasteiger partial charge in [-0.2, -0.15) is 0 Å². The van der Waals surface area contributed by atoms with Gasteiger partial charge < -0.3 is 20.5 Å². The van der Waals surface area contributed by atoms with E-state index in [2.05, 4.69) is 11.9 Å². The van der Waals surface area contributed by atoms with Crippen molar-refractivity contribution in [2.45, 2.75) is 43.9 Å². The van der Waals surface area contributed by atoms with E-state index in [1.807, 2.05) is 0 Å². The van der Waals surface area contributed by atoms with Gasteiger partial charge in [0.1, 0.15) is 17.7 Å². The van der Waals surface area contributed by atoms with Crippen molar-refractivity contribution in [3.63, 3.8) is 0 Å². The zero-order valence-corrected chi connectivity index (χ0v) is 24.5. The van der Waals surface area contributed by atoms with Crippen LogP contribution in [0.5, 0.6) is 5.75 Å². The zero-order chi connectivity index (χ0) is 26.7. The number of ether oxygens (including phenoxy) is 1. The molecule has 2 aliphatic rings. The summed E-state index contributed by atoms with van der Waals surface area (Å²) in [4.78, 5) is 13.7. The van der Waals surface area contributed by atoms with Gasteiger partial charge in [-0.15, -0.1) is 24.8 Å². The molecule has 2 bridgehead atoms. The highest BCUT2D eigenvalue weighted by Crippen LogP contribution is 2.38. The van der Waals surface area contributed by atoms with Gasteiger partial charge in [0, 0.05) is 17.6 Å². The lowest BCUT2D eigenvalue weighted by atomic mass is 10.0. The van der Waals surface area contributed by atoms with Crippen molar-refractivity contribution in [1.82, 2.24) is 4.90 Å². The molecule has 2 aliphatic heterocycles. The quantitative estimate of drug-likeness (QED) is 0.265.